The number of benzene rings is 3. The maximum atomic E-state index is 13.6. The number of carbonyl (C=O) groups excluding carboxylic acids is 4. The fraction of sp³-hybridized carbons (Fsp3) is 0.194. The standard InChI is InChI=1S/C36H31Cl2N5O4S2/c1-3-30(35(47)42-36-27(19-39)26-15-16-43(21(2)44)20-31(26)49-36)48-25-13-8-12-24(18-25)40-34(46)29(17-23-11-7-14-28(37)32(23)38)41-33(45)22-9-5-4-6-10-22/h4-14,17-18,30H,3,15-16,20H2,1-2H3,(H,40,46)(H,41,45)(H,42,47)/b29-17+. The zero-order chi connectivity index (χ0) is 35.1. The van der Waals surface area contributed by atoms with Crippen LogP contribution < -0.4 is 16.0 Å². The fourth-order valence-electron chi connectivity index (χ4n) is 5.13. The van der Waals surface area contributed by atoms with Crippen LogP contribution in [0.2, 0.25) is 10.0 Å². The number of thiophene rings is 1. The van der Waals surface area contributed by atoms with Crippen molar-refractivity contribution in [3.05, 3.63) is 116 Å². The molecule has 4 amide bonds. The molecule has 0 bridgehead atoms. The van der Waals surface area contributed by atoms with Crippen molar-refractivity contribution in [1.29, 1.82) is 5.26 Å². The Labute approximate surface area is 302 Å². The number of hydrogen-bond acceptors (Lipinski definition) is 7. The predicted octanol–water partition coefficient (Wildman–Crippen LogP) is 7.75. The molecule has 5 rings (SSSR count). The first kappa shape index (κ1) is 35.7. The predicted molar refractivity (Wildman–Crippen MR) is 196 cm³/mol. The van der Waals surface area contributed by atoms with Crippen LogP contribution in [0.15, 0.2) is 83.4 Å². The third-order valence-electron chi connectivity index (χ3n) is 7.69. The molecule has 0 aliphatic carbocycles. The molecule has 9 nitrogen and oxygen atoms in total. The highest BCUT2D eigenvalue weighted by Gasteiger charge is 2.28. The Kier molecular flexibility index (Phi) is 11.8. The molecular weight excluding hydrogens is 701 g/mol. The summed E-state index contributed by atoms with van der Waals surface area (Å²) in [5, 5.41) is 18.9. The number of nitrogens with zero attached hydrogens (tertiary/aromatic N) is 2. The topological polar surface area (TPSA) is 131 Å². The summed E-state index contributed by atoms with van der Waals surface area (Å²) in [6.07, 6.45) is 2.51. The molecule has 1 aliphatic heterocycles. The Hall–Kier alpha value is -4.60. The molecule has 2 heterocycles. The first-order chi connectivity index (χ1) is 23.6. The molecule has 1 atom stereocenters. The number of anilines is 2. The molecule has 4 aromatic rings. The van der Waals surface area contributed by atoms with Gasteiger partial charge in [-0.25, -0.2) is 0 Å². The molecule has 13 heteroatoms. The van der Waals surface area contributed by atoms with E-state index in [0.29, 0.717) is 58.3 Å². The highest BCUT2D eigenvalue weighted by Crippen LogP contribution is 2.38. The Morgan fingerprint density at radius 1 is 1.04 bits per heavy atom. The van der Waals surface area contributed by atoms with Crippen LogP contribution >= 0.6 is 46.3 Å². The number of hydrogen-bond donors (Lipinski definition) is 3. The van der Waals surface area contributed by atoms with Gasteiger partial charge < -0.3 is 20.9 Å². The second-order valence-electron chi connectivity index (χ2n) is 11.0. The lowest BCUT2D eigenvalue weighted by Crippen LogP contribution is -2.33. The average molecular weight is 733 g/mol. The molecule has 49 heavy (non-hydrogen) atoms. The van der Waals surface area contributed by atoms with Gasteiger partial charge in [-0.1, -0.05) is 66.5 Å². The number of halogens is 2. The van der Waals surface area contributed by atoms with Crippen LogP contribution in [-0.4, -0.2) is 40.3 Å². The van der Waals surface area contributed by atoms with Crippen LogP contribution in [0, 0.1) is 11.3 Å². The fourth-order valence-corrected chi connectivity index (χ4v) is 7.73. The SMILES string of the molecule is CCC(Sc1cccc(NC(=O)/C(=C\c2cccc(Cl)c2Cl)NC(=O)c2ccccc2)c1)C(=O)Nc1sc2c(c1C#N)CCN(C(C)=O)C2. The minimum Gasteiger partial charge on any atom is -0.337 e. The van der Waals surface area contributed by atoms with Crippen LogP contribution in [-0.2, 0) is 27.3 Å². The van der Waals surface area contributed by atoms with Crippen LogP contribution in [0.25, 0.3) is 6.08 Å². The summed E-state index contributed by atoms with van der Waals surface area (Å²) in [7, 11) is 0. The Bertz CT molecular complexity index is 1990. The van der Waals surface area contributed by atoms with Crippen LogP contribution in [0.4, 0.5) is 10.7 Å². The number of rotatable bonds is 10. The number of thioether (sulfide) groups is 1. The first-order valence-corrected chi connectivity index (χ1v) is 17.7. The second kappa shape index (κ2) is 16.2. The van der Waals surface area contributed by atoms with Gasteiger partial charge in [0.05, 0.1) is 27.4 Å². The molecule has 0 saturated heterocycles. The lowest BCUT2D eigenvalue weighted by atomic mass is 10.0. The molecule has 1 aliphatic rings. The minimum atomic E-state index is -0.596. The van der Waals surface area contributed by atoms with Crippen molar-refractivity contribution < 1.29 is 19.2 Å². The van der Waals surface area contributed by atoms with Crippen molar-refractivity contribution in [2.75, 3.05) is 17.2 Å². The van der Waals surface area contributed by atoms with Crippen molar-refractivity contribution in [3.63, 3.8) is 0 Å². The van der Waals surface area contributed by atoms with E-state index in [1.165, 1.54) is 36.1 Å². The molecular formula is C36H31Cl2N5O4S2. The number of nitrogens with one attached hydrogen (secondary N) is 3. The molecule has 250 valence electrons. The van der Waals surface area contributed by atoms with Crippen molar-refractivity contribution in [1.82, 2.24) is 10.2 Å². The Balaban J connectivity index is 1.32. The van der Waals surface area contributed by atoms with Gasteiger partial charge in [-0.15, -0.1) is 23.1 Å². The molecule has 0 spiro atoms. The Morgan fingerprint density at radius 2 is 1.80 bits per heavy atom. The quantitative estimate of drug-likeness (QED) is 0.113. The van der Waals surface area contributed by atoms with Gasteiger partial charge in [-0.2, -0.15) is 5.26 Å². The highest BCUT2D eigenvalue weighted by atomic mass is 35.5. The lowest BCUT2D eigenvalue weighted by molar-refractivity contribution is -0.129. The van der Waals surface area contributed by atoms with Crippen molar-refractivity contribution in [2.24, 2.45) is 0 Å². The third kappa shape index (κ3) is 8.71. The molecule has 3 N–H and O–H groups in total. The van der Waals surface area contributed by atoms with Gasteiger partial charge in [-0.3, -0.25) is 19.2 Å². The Morgan fingerprint density at radius 3 is 2.51 bits per heavy atom. The zero-order valence-corrected chi connectivity index (χ0v) is 29.7. The van der Waals surface area contributed by atoms with Gasteiger partial charge in [0.15, 0.2) is 0 Å². The van der Waals surface area contributed by atoms with Crippen LogP contribution in [0.3, 0.4) is 0 Å². The van der Waals surface area contributed by atoms with E-state index in [1.807, 2.05) is 13.0 Å². The van der Waals surface area contributed by atoms with E-state index in [-0.39, 0.29) is 22.5 Å². The summed E-state index contributed by atoms with van der Waals surface area (Å²) in [6.45, 7) is 4.37. The largest absolute Gasteiger partial charge is 0.337 e. The summed E-state index contributed by atoms with van der Waals surface area (Å²) in [5.74, 6) is -1.36. The van der Waals surface area contributed by atoms with E-state index in [2.05, 4.69) is 22.0 Å². The highest BCUT2D eigenvalue weighted by molar-refractivity contribution is 8.00. The van der Waals surface area contributed by atoms with Crippen LogP contribution in [0.1, 0.15) is 52.2 Å². The van der Waals surface area contributed by atoms with E-state index in [9.17, 15) is 24.4 Å². The second-order valence-corrected chi connectivity index (χ2v) is 14.2. The molecule has 1 aromatic heterocycles. The molecule has 1 unspecified atom stereocenters. The summed E-state index contributed by atoms with van der Waals surface area (Å²) >= 11 is 15.2. The number of nitriles is 1. The smallest absolute Gasteiger partial charge is 0.272 e. The molecule has 0 fully saturated rings. The monoisotopic (exact) mass is 731 g/mol. The van der Waals surface area contributed by atoms with E-state index in [1.54, 1.807) is 71.6 Å². The normalized spacial score (nSPS) is 13.1. The summed E-state index contributed by atoms with van der Waals surface area (Å²) in [4.78, 5) is 55.3. The number of amides is 4. The number of fused-ring (bicyclic) bond motifs is 1. The van der Waals surface area contributed by atoms with Gasteiger partial charge in [0.1, 0.15) is 16.8 Å². The summed E-state index contributed by atoms with van der Waals surface area (Å²) in [6, 6.07) is 22.7. The summed E-state index contributed by atoms with van der Waals surface area (Å²) in [5.41, 5.74) is 2.52. The molecule has 3 aromatic carbocycles. The maximum Gasteiger partial charge on any atom is 0.272 e. The van der Waals surface area contributed by atoms with Gasteiger partial charge in [-0.05, 0) is 66.4 Å². The van der Waals surface area contributed by atoms with Gasteiger partial charge >= 0.3 is 0 Å². The van der Waals surface area contributed by atoms with E-state index in [4.69, 9.17) is 23.2 Å². The van der Waals surface area contributed by atoms with E-state index < -0.39 is 17.1 Å². The molecule has 0 radical (unpaired) electrons. The third-order valence-corrected chi connectivity index (χ3v) is 11.0. The van der Waals surface area contributed by atoms with E-state index in [0.717, 1.165) is 15.3 Å². The zero-order valence-electron chi connectivity index (χ0n) is 26.5. The summed E-state index contributed by atoms with van der Waals surface area (Å²) < 4.78 is 0. The lowest BCUT2D eigenvalue weighted by Gasteiger charge is -2.25. The first-order valence-electron chi connectivity index (χ1n) is 15.3. The van der Waals surface area contributed by atoms with Crippen molar-refractivity contribution in [3.8, 4) is 6.07 Å². The van der Waals surface area contributed by atoms with Crippen LogP contribution in [0.5, 0.6) is 0 Å². The van der Waals surface area contributed by atoms with Gasteiger partial charge in [0.2, 0.25) is 11.8 Å². The van der Waals surface area contributed by atoms with Crippen molar-refractivity contribution in [2.45, 2.75) is 43.4 Å². The van der Waals surface area contributed by atoms with Gasteiger partial charge in [0, 0.05) is 34.5 Å². The maximum absolute atomic E-state index is 13.6. The van der Waals surface area contributed by atoms with Gasteiger partial charge in [0.25, 0.3) is 11.8 Å². The van der Waals surface area contributed by atoms with Crippen molar-refractivity contribution >= 4 is 86.7 Å². The van der Waals surface area contributed by atoms with E-state index >= 15 is 0 Å². The average Bonchev–Trinajstić information content (AvgIpc) is 3.45. The molecule has 0 saturated carbocycles. The minimum absolute atomic E-state index is 0.0290. The number of carbonyl (C=O) groups is 4.